The average molecular weight is 831 g/mol. The first-order valence-electron chi connectivity index (χ1n) is 22.4. The highest BCUT2D eigenvalue weighted by molar-refractivity contribution is 5.99. The van der Waals surface area contributed by atoms with E-state index in [9.17, 15) is 0 Å². The lowest BCUT2D eigenvalue weighted by atomic mass is 9.94. The minimum Gasteiger partial charge on any atom is -0.310 e. The van der Waals surface area contributed by atoms with Crippen molar-refractivity contribution < 1.29 is 0 Å². The average Bonchev–Trinajstić information content (AvgIpc) is 3.65. The number of fused-ring (bicyclic) bond motifs is 2. The van der Waals surface area contributed by atoms with Crippen molar-refractivity contribution in [2.75, 3.05) is 9.80 Å². The van der Waals surface area contributed by atoms with Crippen LogP contribution in [0, 0.1) is 0 Å². The monoisotopic (exact) mass is 830 g/mol. The van der Waals surface area contributed by atoms with Crippen molar-refractivity contribution in [2.24, 2.45) is 0 Å². The Kier molecular flexibility index (Phi) is 10.7. The minimum atomic E-state index is 0.863. The van der Waals surface area contributed by atoms with E-state index < -0.39 is 0 Å². The molecule has 10 aromatic rings. The summed E-state index contributed by atoms with van der Waals surface area (Å²) in [5, 5.41) is 2.42. The van der Waals surface area contributed by atoms with E-state index in [-0.39, 0.29) is 0 Å². The van der Waals surface area contributed by atoms with Gasteiger partial charge in [-0.05, 0) is 128 Å². The molecule has 0 heterocycles. The fourth-order valence-corrected chi connectivity index (χ4v) is 9.30. The Morgan fingerprint density at radius 3 is 1.26 bits per heavy atom. The third-order valence-electron chi connectivity index (χ3n) is 12.5. The number of allylic oxidation sites excluding steroid dienone is 3. The molecule has 0 fully saturated rings. The summed E-state index contributed by atoms with van der Waals surface area (Å²) in [5.74, 6) is 0. The lowest BCUT2D eigenvalue weighted by Gasteiger charge is -2.29. The van der Waals surface area contributed by atoms with Crippen LogP contribution in [0.3, 0.4) is 0 Å². The Balaban J connectivity index is 0.945. The first-order valence-corrected chi connectivity index (χ1v) is 22.4. The van der Waals surface area contributed by atoms with Gasteiger partial charge in [0, 0.05) is 28.1 Å². The van der Waals surface area contributed by atoms with Crippen LogP contribution in [0.1, 0.15) is 11.1 Å². The molecule has 0 amide bonds. The lowest BCUT2D eigenvalue weighted by molar-refractivity contribution is 1.19. The van der Waals surface area contributed by atoms with Gasteiger partial charge in [0.1, 0.15) is 0 Å². The lowest BCUT2D eigenvalue weighted by Crippen LogP contribution is -2.12. The Morgan fingerprint density at radius 2 is 0.708 bits per heavy atom. The molecule has 0 saturated carbocycles. The zero-order chi connectivity index (χ0) is 43.4. The molecular weight excluding hydrogens is 785 g/mol. The van der Waals surface area contributed by atoms with E-state index in [0.29, 0.717) is 0 Å². The van der Waals surface area contributed by atoms with E-state index in [4.69, 9.17) is 0 Å². The predicted octanol–water partition coefficient (Wildman–Crippen LogP) is 17.6. The molecule has 0 spiro atoms. The summed E-state index contributed by atoms with van der Waals surface area (Å²) in [5.41, 5.74) is 18.8. The fraction of sp³-hybridized carbons (Fsp3) is 0.0159. The second kappa shape index (κ2) is 17.7. The molecule has 0 atom stereocenters. The molecule has 0 aromatic heterocycles. The summed E-state index contributed by atoms with van der Waals surface area (Å²) >= 11 is 0. The van der Waals surface area contributed by atoms with Crippen molar-refractivity contribution in [3.8, 4) is 44.5 Å². The standard InChI is InChI=1S/C63H46N2/c1-4-16-46(17-5-1)48-30-38-54(39-31-48)64(62-28-14-22-50-20-8-3-9-26-60(50)62)56-42-34-52(35-43-56)58-24-12-13-25-59(58)53-36-44-57(45-37-53)65(63-29-15-23-51-21-10-11-27-61(51)63)55-40-32-49(33-41-55)47-18-6-2-7-19-47/h1-25,27-45H,26H2. The van der Waals surface area contributed by atoms with Crippen molar-refractivity contribution in [1.82, 2.24) is 0 Å². The number of anilines is 6. The summed E-state index contributed by atoms with van der Waals surface area (Å²) in [6.07, 6.45) is 9.62. The maximum atomic E-state index is 2.41. The van der Waals surface area contributed by atoms with Crippen LogP contribution in [0.25, 0.3) is 61.4 Å². The zero-order valence-electron chi connectivity index (χ0n) is 36.0. The van der Waals surface area contributed by atoms with Gasteiger partial charge in [-0.3, -0.25) is 0 Å². The SMILES string of the molecule is C1=CCc2c(cccc2N(c2ccc(-c3ccccc3)cc2)c2ccc(-c3ccccc3-c3ccc(N(c4ccc(-c5ccccc5)cc4)c4cccc5ccccc45)cc3)cc2)C=C1. The molecule has 0 saturated heterocycles. The molecule has 11 rings (SSSR count). The van der Waals surface area contributed by atoms with E-state index in [1.165, 1.54) is 72.1 Å². The summed E-state index contributed by atoms with van der Waals surface area (Å²) in [7, 11) is 0. The molecule has 10 aromatic carbocycles. The first-order chi connectivity index (χ1) is 32.2. The Labute approximate surface area is 382 Å². The molecule has 65 heavy (non-hydrogen) atoms. The molecule has 0 aliphatic heterocycles. The van der Waals surface area contributed by atoms with Gasteiger partial charge in [0.15, 0.2) is 0 Å². The van der Waals surface area contributed by atoms with Crippen LogP contribution in [0.2, 0.25) is 0 Å². The van der Waals surface area contributed by atoms with Crippen LogP contribution in [0.15, 0.2) is 261 Å². The van der Waals surface area contributed by atoms with Crippen molar-refractivity contribution >= 4 is 51.0 Å². The van der Waals surface area contributed by atoms with Gasteiger partial charge >= 0.3 is 0 Å². The molecule has 0 radical (unpaired) electrons. The fourth-order valence-electron chi connectivity index (χ4n) is 9.30. The first kappa shape index (κ1) is 39.4. The summed E-state index contributed by atoms with van der Waals surface area (Å²) in [6.45, 7) is 0. The largest absolute Gasteiger partial charge is 0.310 e. The van der Waals surface area contributed by atoms with Gasteiger partial charge < -0.3 is 9.80 Å². The van der Waals surface area contributed by atoms with Gasteiger partial charge in [0.25, 0.3) is 0 Å². The maximum absolute atomic E-state index is 2.41. The van der Waals surface area contributed by atoms with Crippen molar-refractivity contribution in [2.45, 2.75) is 6.42 Å². The van der Waals surface area contributed by atoms with E-state index in [0.717, 1.165) is 34.9 Å². The minimum absolute atomic E-state index is 0.863. The topological polar surface area (TPSA) is 6.48 Å². The highest BCUT2D eigenvalue weighted by atomic mass is 15.1. The zero-order valence-corrected chi connectivity index (χ0v) is 36.0. The van der Waals surface area contributed by atoms with Gasteiger partial charge in [-0.1, -0.05) is 206 Å². The van der Waals surface area contributed by atoms with Crippen LogP contribution >= 0.6 is 0 Å². The highest BCUT2D eigenvalue weighted by Gasteiger charge is 2.20. The summed E-state index contributed by atoms with van der Waals surface area (Å²) in [6, 6.07) is 87.8. The van der Waals surface area contributed by atoms with E-state index in [2.05, 4.69) is 277 Å². The molecular formula is C63H46N2. The van der Waals surface area contributed by atoms with Gasteiger partial charge in [-0.2, -0.15) is 0 Å². The third kappa shape index (κ3) is 7.95. The van der Waals surface area contributed by atoms with Gasteiger partial charge in [-0.25, -0.2) is 0 Å². The number of nitrogens with zero attached hydrogens (tertiary/aromatic N) is 2. The molecule has 1 aliphatic rings. The molecule has 308 valence electrons. The molecule has 0 unspecified atom stereocenters. The van der Waals surface area contributed by atoms with E-state index >= 15 is 0 Å². The molecule has 0 N–H and O–H groups in total. The van der Waals surface area contributed by atoms with Gasteiger partial charge in [0.05, 0.1) is 11.4 Å². The smallest absolute Gasteiger partial charge is 0.0540 e. The Bertz CT molecular complexity index is 3290. The quantitative estimate of drug-likeness (QED) is 0.135. The van der Waals surface area contributed by atoms with E-state index in [1.54, 1.807) is 0 Å². The van der Waals surface area contributed by atoms with Crippen LogP contribution in [0.5, 0.6) is 0 Å². The number of hydrogen-bond donors (Lipinski definition) is 0. The van der Waals surface area contributed by atoms with Crippen molar-refractivity contribution in [3.63, 3.8) is 0 Å². The van der Waals surface area contributed by atoms with Crippen molar-refractivity contribution in [3.05, 3.63) is 272 Å². The Hall–Kier alpha value is -8.46. The maximum Gasteiger partial charge on any atom is 0.0540 e. The van der Waals surface area contributed by atoms with Crippen LogP contribution in [0.4, 0.5) is 34.1 Å². The summed E-state index contributed by atoms with van der Waals surface area (Å²) in [4.78, 5) is 4.79. The van der Waals surface area contributed by atoms with Crippen LogP contribution in [-0.2, 0) is 6.42 Å². The van der Waals surface area contributed by atoms with Crippen molar-refractivity contribution in [1.29, 1.82) is 0 Å². The third-order valence-corrected chi connectivity index (χ3v) is 12.5. The van der Waals surface area contributed by atoms with E-state index in [1.807, 2.05) is 0 Å². The molecule has 2 heteroatoms. The predicted molar refractivity (Wildman–Crippen MR) is 277 cm³/mol. The normalized spacial score (nSPS) is 11.8. The molecule has 2 nitrogen and oxygen atoms in total. The second-order valence-electron chi connectivity index (χ2n) is 16.5. The van der Waals surface area contributed by atoms with Crippen LogP contribution < -0.4 is 9.80 Å². The number of benzene rings is 10. The number of hydrogen-bond acceptors (Lipinski definition) is 2. The van der Waals surface area contributed by atoms with Gasteiger partial charge in [-0.15, -0.1) is 0 Å². The Morgan fingerprint density at radius 1 is 0.292 bits per heavy atom. The second-order valence-corrected chi connectivity index (χ2v) is 16.5. The molecule has 0 bridgehead atoms. The molecule has 1 aliphatic carbocycles. The van der Waals surface area contributed by atoms with Gasteiger partial charge in [0.2, 0.25) is 0 Å². The highest BCUT2D eigenvalue weighted by Crippen LogP contribution is 2.43. The van der Waals surface area contributed by atoms with Crippen LogP contribution in [-0.4, -0.2) is 0 Å². The summed E-state index contributed by atoms with van der Waals surface area (Å²) < 4.78 is 0. The number of rotatable bonds is 10.